The first-order valence-electron chi connectivity index (χ1n) is 8.47. The lowest BCUT2D eigenvalue weighted by atomic mass is 10.0. The van der Waals surface area contributed by atoms with Gasteiger partial charge in [-0.15, -0.1) is 0 Å². The second kappa shape index (κ2) is 6.82. The third-order valence-corrected chi connectivity index (χ3v) is 4.88. The van der Waals surface area contributed by atoms with Crippen molar-refractivity contribution in [3.05, 3.63) is 17.5 Å². The Hall–Kier alpha value is -1.83. The standard InChI is InChI=1S/C17H24N4O3S/c1-17(2,3)24-16(23)20-7-5-6-12(10-20)21-9-11-8-18-15(25-4)19-13(11)14(21)22/h8,12H,5-7,9-10H2,1-4H3/t12-/m0/s1. The Labute approximate surface area is 152 Å². The Morgan fingerprint density at radius 1 is 1.40 bits per heavy atom. The van der Waals surface area contributed by atoms with Crippen LogP contribution < -0.4 is 0 Å². The van der Waals surface area contributed by atoms with Crippen LogP contribution in [0.5, 0.6) is 0 Å². The molecule has 0 bridgehead atoms. The molecule has 1 aromatic heterocycles. The van der Waals surface area contributed by atoms with Crippen LogP contribution in [-0.2, 0) is 11.3 Å². The lowest BCUT2D eigenvalue weighted by Crippen LogP contribution is -2.50. The van der Waals surface area contributed by atoms with Crippen LogP contribution >= 0.6 is 11.8 Å². The zero-order chi connectivity index (χ0) is 18.2. The molecule has 0 aromatic carbocycles. The van der Waals surface area contributed by atoms with Crippen LogP contribution in [0.1, 0.15) is 49.7 Å². The van der Waals surface area contributed by atoms with E-state index in [4.69, 9.17) is 4.74 Å². The molecular weight excluding hydrogens is 340 g/mol. The Bertz CT molecular complexity index is 689. The van der Waals surface area contributed by atoms with Gasteiger partial charge in [0.05, 0.1) is 12.6 Å². The van der Waals surface area contributed by atoms with E-state index in [1.807, 2.05) is 31.9 Å². The van der Waals surface area contributed by atoms with Crippen LogP contribution in [0.3, 0.4) is 0 Å². The number of aromatic nitrogens is 2. The lowest BCUT2D eigenvalue weighted by molar-refractivity contribution is 0.0106. The first kappa shape index (κ1) is 18.0. The lowest BCUT2D eigenvalue weighted by Gasteiger charge is -2.37. The summed E-state index contributed by atoms with van der Waals surface area (Å²) in [7, 11) is 0. The van der Waals surface area contributed by atoms with Crippen molar-refractivity contribution in [3.8, 4) is 0 Å². The number of rotatable bonds is 2. The summed E-state index contributed by atoms with van der Waals surface area (Å²) in [6.45, 7) is 7.24. The van der Waals surface area contributed by atoms with Gasteiger partial charge in [-0.1, -0.05) is 11.8 Å². The molecule has 8 heteroatoms. The number of hydrogen-bond acceptors (Lipinski definition) is 6. The predicted octanol–water partition coefficient (Wildman–Crippen LogP) is 2.55. The number of carbonyl (C=O) groups excluding carboxylic acids is 2. The summed E-state index contributed by atoms with van der Waals surface area (Å²) in [6, 6.07) is -0.0132. The monoisotopic (exact) mass is 364 g/mol. The average molecular weight is 364 g/mol. The molecule has 0 radical (unpaired) electrons. The van der Waals surface area contributed by atoms with Crippen molar-refractivity contribution >= 4 is 23.8 Å². The van der Waals surface area contributed by atoms with Gasteiger partial charge >= 0.3 is 6.09 Å². The molecule has 0 aliphatic carbocycles. The fourth-order valence-electron chi connectivity index (χ4n) is 3.18. The Morgan fingerprint density at radius 2 is 2.16 bits per heavy atom. The van der Waals surface area contributed by atoms with Gasteiger partial charge in [0, 0.05) is 24.8 Å². The van der Waals surface area contributed by atoms with E-state index < -0.39 is 5.60 Å². The van der Waals surface area contributed by atoms with E-state index in [0.29, 0.717) is 30.5 Å². The van der Waals surface area contributed by atoms with Crippen LogP contribution in [0.25, 0.3) is 0 Å². The highest BCUT2D eigenvalue weighted by molar-refractivity contribution is 7.98. The van der Waals surface area contributed by atoms with Crippen LogP contribution in [0.4, 0.5) is 4.79 Å². The zero-order valence-electron chi connectivity index (χ0n) is 15.1. The van der Waals surface area contributed by atoms with Crippen molar-refractivity contribution in [2.24, 2.45) is 0 Å². The van der Waals surface area contributed by atoms with Gasteiger partial charge in [-0.05, 0) is 39.9 Å². The maximum absolute atomic E-state index is 12.8. The molecule has 2 amide bonds. The van der Waals surface area contributed by atoms with E-state index >= 15 is 0 Å². The molecule has 3 heterocycles. The largest absolute Gasteiger partial charge is 0.444 e. The molecule has 2 aliphatic rings. The van der Waals surface area contributed by atoms with Crippen molar-refractivity contribution in [2.75, 3.05) is 19.3 Å². The van der Waals surface area contributed by atoms with Crippen molar-refractivity contribution in [2.45, 2.75) is 57.0 Å². The molecule has 1 saturated heterocycles. The maximum atomic E-state index is 12.8. The molecule has 1 atom stereocenters. The molecular formula is C17H24N4O3S. The van der Waals surface area contributed by atoms with Crippen LogP contribution in [-0.4, -0.2) is 62.8 Å². The molecule has 2 aliphatic heterocycles. The molecule has 1 fully saturated rings. The van der Waals surface area contributed by atoms with Gasteiger partial charge in [0.2, 0.25) is 0 Å². The molecule has 0 saturated carbocycles. The van der Waals surface area contributed by atoms with Gasteiger partial charge < -0.3 is 14.5 Å². The third-order valence-electron chi connectivity index (χ3n) is 4.32. The van der Waals surface area contributed by atoms with Gasteiger partial charge in [0.1, 0.15) is 11.3 Å². The van der Waals surface area contributed by atoms with Gasteiger partial charge in [-0.25, -0.2) is 14.8 Å². The summed E-state index contributed by atoms with van der Waals surface area (Å²) in [5, 5.41) is 0.605. The van der Waals surface area contributed by atoms with Crippen molar-refractivity contribution in [1.29, 1.82) is 0 Å². The van der Waals surface area contributed by atoms with Gasteiger partial charge in [0.15, 0.2) is 5.16 Å². The number of nitrogens with zero attached hydrogens (tertiary/aromatic N) is 4. The van der Waals surface area contributed by atoms with E-state index in [1.165, 1.54) is 11.8 Å². The number of ether oxygens (including phenoxy) is 1. The molecule has 25 heavy (non-hydrogen) atoms. The minimum Gasteiger partial charge on any atom is -0.444 e. The van der Waals surface area contributed by atoms with Crippen molar-refractivity contribution in [1.82, 2.24) is 19.8 Å². The van der Waals surface area contributed by atoms with E-state index in [0.717, 1.165) is 18.4 Å². The third kappa shape index (κ3) is 3.89. The molecule has 0 unspecified atom stereocenters. The van der Waals surface area contributed by atoms with Gasteiger partial charge in [0.25, 0.3) is 5.91 Å². The fraction of sp³-hybridized carbons (Fsp3) is 0.647. The summed E-state index contributed by atoms with van der Waals surface area (Å²) < 4.78 is 5.47. The zero-order valence-corrected chi connectivity index (χ0v) is 15.9. The number of likely N-dealkylation sites (tertiary alicyclic amines) is 1. The van der Waals surface area contributed by atoms with Gasteiger partial charge in [-0.2, -0.15) is 0 Å². The normalized spacial score (nSPS) is 20.6. The van der Waals surface area contributed by atoms with E-state index in [2.05, 4.69) is 9.97 Å². The summed E-state index contributed by atoms with van der Waals surface area (Å²) in [6.07, 6.45) is 5.04. The maximum Gasteiger partial charge on any atom is 0.410 e. The predicted molar refractivity (Wildman–Crippen MR) is 94.5 cm³/mol. The van der Waals surface area contributed by atoms with Gasteiger partial charge in [-0.3, -0.25) is 4.79 Å². The number of hydrogen-bond donors (Lipinski definition) is 0. The molecule has 0 N–H and O–H groups in total. The Morgan fingerprint density at radius 3 is 2.84 bits per heavy atom. The minimum absolute atomic E-state index is 0.0132. The fourth-order valence-corrected chi connectivity index (χ4v) is 3.52. The van der Waals surface area contributed by atoms with Crippen LogP contribution in [0, 0.1) is 0 Å². The molecule has 3 rings (SSSR count). The first-order valence-corrected chi connectivity index (χ1v) is 9.70. The average Bonchev–Trinajstić information content (AvgIpc) is 2.90. The molecule has 0 spiro atoms. The highest BCUT2D eigenvalue weighted by Crippen LogP contribution is 2.28. The highest BCUT2D eigenvalue weighted by Gasteiger charge is 2.38. The smallest absolute Gasteiger partial charge is 0.410 e. The molecule has 136 valence electrons. The number of piperidine rings is 1. The number of fused-ring (bicyclic) bond motifs is 1. The van der Waals surface area contributed by atoms with Crippen molar-refractivity contribution < 1.29 is 14.3 Å². The molecule has 7 nitrogen and oxygen atoms in total. The summed E-state index contributed by atoms with van der Waals surface area (Å²) in [5.41, 5.74) is 0.832. The first-order chi connectivity index (χ1) is 11.8. The SMILES string of the molecule is CSc1ncc2c(n1)C(=O)N([C@H]1CCCN(C(=O)OC(C)(C)C)C1)C2. The summed E-state index contributed by atoms with van der Waals surface area (Å²) in [5.74, 6) is -0.0660. The van der Waals surface area contributed by atoms with Crippen LogP contribution in [0.2, 0.25) is 0 Å². The number of carbonyl (C=O) groups is 2. The van der Waals surface area contributed by atoms with E-state index in [9.17, 15) is 9.59 Å². The van der Waals surface area contributed by atoms with E-state index in [-0.39, 0.29) is 18.0 Å². The van der Waals surface area contributed by atoms with Crippen molar-refractivity contribution in [3.63, 3.8) is 0 Å². The second-order valence-corrected chi connectivity index (χ2v) is 8.16. The summed E-state index contributed by atoms with van der Waals surface area (Å²) in [4.78, 5) is 37.2. The quantitative estimate of drug-likeness (QED) is 0.593. The number of thioether (sulfide) groups is 1. The van der Waals surface area contributed by atoms with Crippen LogP contribution in [0.15, 0.2) is 11.4 Å². The Kier molecular flexibility index (Phi) is 4.90. The van der Waals surface area contributed by atoms with E-state index in [1.54, 1.807) is 11.1 Å². The highest BCUT2D eigenvalue weighted by atomic mass is 32.2. The number of amides is 2. The topological polar surface area (TPSA) is 75.6 Å². The minimum atomic E-state index is -0.520. The molecule has 1 aromatic rings. The summed E-state index contributed by atoms with van der Waals surface area (Å²) >= 11 is 1.42. The Balaban J connectivity index is 1.70. The second-order valence-electron chi connectivity index (χ2n) is 7.39.